The molecule has 4 heteroatoms. The number of hydrogen-bond donors (Lipinski definition) is 0. The zero-order valence-electron chi connectivity index (χ0n) is 12.7. The van der Waals surface area contributed by atoms with Crippen molar-refractivity contribution in [2.75, 3.05) is 26.2 Å². The van der Waals surface area contributed by atoms with Crippen LogP contribution in [0.15, 0.2) is 0 Å². The van der Waals surface area contributed by atoms with Gasteiger partial charge < -0.3 is 9.80 Å². The van der Waals surface area contributed by atoms with E-state index in [0.717, 1.165) is 51.2 Å². The van der Waals surface area contributed by atoms with Gasteiger partial charge in [-0.15, -0.1) is 0 Å². The molecule has 0 spiro atoms. The molecule has 0 atom stereocenters. The van der Waals surface area contributed by atoms with Crippen LogP contribution in [0, 0.1) is 5.92 Å². The van der Waals surface area contributed by atoms with Crippen molar-refractivity contribution in [2.24, 2.45) is 5.92 Å². The Balaban J connectivity index is 2.32. The molecule has 1 aliphatic heterocycles. The van der Waals surface area contributed by atoms with E-state index < -0.39 is 0 Å². The molecule has 0 aliphatic carbocycles. The molecule has 0 aromatic heterocycles. The van der Waals surface area contributed by atoms with Crippen molar-refractivity contribution in [3.8, 4) is 0 Å². The highest BCUT2D eigenvalue weighted by molar-refractivity contribution is 5.78. The van der Waals surface area contributed by atoms with Crippen LogP contribution in [-0.2, 0) is 9.59 Å². The number of likely N-dealkylation sites (tertiary alicyclic amines) is 1. The third kappa shape index (κ3) is 5.62. The first-order valence-corrected chi connectivity index (χ1v) is 7.57. The average Bonchev–Trinajstić information content (AvgIpc) is 2.39. The van der Waals surface area contributed by atoms with Gasteiger partial charge in [-0.25, -0.2) is 0 Å². The van der Waals surface area contributed by atoms with Gasteiger partial charge in [-0.05, 0) is 25.2 Å². The number of rotatable bonds is 6. The molecule has 110 valence electrons. The lowest BCUT2D eigenvalue weighted by molar-refractivity contribution is -0.134. The molecule has 0 N–H and O–H groups in total. The molecule has 0 unspecified atom stereocenters. The molecule has 0 aromatic carbocycles. The van der Waals surface area contributed by atoms with E-state index in [2.05, 4.69) is 13.8 Å². The predicted octanol–water partition coefficient (Wildman–Crippen LogP) is 2.28. The maximum Gasteiger partial charge on any atom is 0.224 e. The van der Waals surface area contributed by atoms with Gasteiger partial charge in [-0.1, -0.05) is 20.3 Å². The third-order valence-corrected chi connectivity index (χ3v) is 3.96. The Bertz CT molecular complexity index is 297. The van der Waals surface area contributed by atoms with E-state index in [-0.39, 0.29) is 11.8 Å². The highest BCUT2D eigenvalue weighted by Crippen LogP contribution is 2.16. The van der Waals surface area contributed by atoms with Crippen LogP contribution < -0.4 is 0 Å². The summed E-state index contributed by atoms with van der Waals surface area (Å²) in [5, 5.41) is 0. The second-order valence-corrected chi connectivity index (χ2v) is 5.67. The van der Waals surface area contributed by atoms with Crippen molar-refractivity contribution in [1.82, 2.24) is 9.80 Å². The largest absolute Gasteiger partial charge is 0.343 e. The first kappa shape index (κ1) is 16.0. The zero-order chi connectivity index (χ0) is 14.3. The number of unbranched alkanes of at least 4 members (excludes halogenated alkanes) is 1. The minimum atomic E-state index is 0.0773. The molecular formula is C15H28N2O2. The lowest BCUT2D eigenvalue weighted by Crippen LogP contribution is -2.40. The Morgan fingerprint density at radius 3 is 2.37 bits per heavy atom. The summed E-state index contributed by atoms with van der Waals surface area (Å²) in [6, 6.07) is 0. The average molecular weight is 268 g/mol. The van der Waals surface area contributed by atoms with Crippen molar-refractivity contribution in [2.45, 2.75) is 52.9 Å². The monoisotopic (exact) mass is 268 g/mol. The number of nitrogens with zero attached hydrogens (tertiary/aromatic N) is 2. The van der Waals surface area contributed by atoms with E-state index in [4.69, 9.17) is 0 Å². The minimum Gasteiger partial charge on any atom is -0.343 e. The molecule has 1 rings (SSSR count). The summed E-state index contributed by atoms with van der Waals surface area (Å²) in [4.78, 5) is 27.3. The van der Waals surface area contributed by atoms with Crippen molar-refractivity contribution >= 4 is 11.8 Å². The first-order chi connectivity index (χ1) is 9.04. The number of hydrogen-bond acceptors (Lipinski definition) is 2. The van der Waals surface area contributed by atoms with Crippen LogP contribution in [0.5, 0.6) is 0 Å². The normalized spacial score (nSPS) is 16.5. The number of piperidine rings is 1. The quantitative estimate of drug-likeness (QED) is 0.741. The molecule has 0 aromatic rings. The Kier molecular flexibility index (Phi) is 6.89. The number of carbonyl (C=O) groups excluding carboxylic acids is 2. The van der Waals surface area contributed by atoms with Gasteiger partial charge in [0.2, 0.25) is 11.8 Å². The van der Waals surface area contributed by atoms with Gasteiger partial charge in [0.25, 0.3) is 0 Å². The van der Waals surface area contributed by atoms with Crippen molar-refractivity contribution in [3.05, 3.63) is 0 Å². The van der Waals surface area contributed by atoms with E-state index in [1.807, 2.05) is 4.90 Å². The molecule has 4 nitrogen and oxygen atoms in total. The van der Waals surface area contributed by atoms with Gasteiger partial charge in [0, 0.05) is 39.5 Å². The molecule has 1 heterocycles. The highest BCUT2D eigenvalue weighted by atomic mass is 16.2. The summed E-state index contributed by atoms with van der Waals surface area (Å²) in [7, 11) is 0. The van der Waals surface area contributed by atoms with E-state index >= 15 is 0 Å². The molecule has 2 amide bonds. The predicted molar refractivity (Wildman–Crippen MR) is 76.8 cm³/mol. The van der Waals surface area contributed by atoms with E-state index in [9.17, 15) is 9.59 Å². The summed E-state index contributed by atoms with van der Waals surface area (Å²) in [5.41, 5.74) is 0. The van der Waals surface area contributed by atoms with Gasteiger partial charge in [-0.3, -0.25) is 9.59 Å². The van der Waals surface area contributed by atoms with Crippen LogP contribution in [-0.4, -0.2) is 47.8 Å². The van der Waals surface area contributed by atoms with Gasteiger partial charge >= 0.3 is 0 Å². The molecule has 19 heavy (non-hydrogen) atoms. The molecule has 0 bridgehead atoms. The third-order valence-electron chi connectivity index (χ3n) is 3.96. The second kappa shape index (κ2) is 8.18. The molecule has 1 aliphatic rings. The number of amides is 2. The molecule has 1 saturated heterocycles. The molecule has 0 saturated carbocycles. The van der Waals surface area contributed by atoms with Crippen molar-refractivity contribution < 1.29 is 9.59 Å². The van der Waals surface area contributed by atoms with E-state index in [0.29, 0.717) is 13.0 Å². The van der Waals surface area contributed by atoms with Crippen LogP contribution >= 0.6 is 0 Å². The fraction of sp³-hybridized carbons (Fsp3) is 0.867. The lowest BCUT2D eigenvalue weighted by Gasteiger charge is -2.31. The van der Waals surface area contributed by atoms with Crippen molar-refractivity contribution in [1.29, 1.82) is 0 Å². The molecule has 1 fully saturated rings. The van der Waals surface area contributed by atoms with Gasteiger partial charge in [0.05, 0.1) is 0 Å². The summed E-state index contributed by atoms with van der Waals surface area (Å²) in [6.07, 6.45) is 4.77. The summed E-state index contributed by atoms with van der Waals surface area (Å²) < 4.78 is 0. The maximum absolute atomic E-state index is 12.1. The SMILES string of the molecule is CCCCN(CCC(=O)N1CCC(C)CC1)C(C)=O. The van der Waals surface area contributed by atoms with Crippen LogP contribution in [0.25, 0.3) is 0 Å². The Morgan fingerprint density at radius 2 is 1.84 bits per heavy atom. The second-order valence-electron chi connectivity index (χ2n) is 5.67. The van der Waals surface area contributed by atoms with Gasteiger partial charge in [0.15, 0.2) is 0 Å². The molecular weight excluding hydrogens is 240 g/mol. The molecule has 0 radical (unpaired) electrons. The Hall–Kier alpha value is -1.06. The topological polar surface area (TPSA) is 40.6 Å². The Labute approximate surface area is 117 Å². The smallest absolute Gasteiger partial charge is 0.224 e. The van der Waals surface area contributed by atoms with Crippen LogP contribution in [0.3, 0.4) is 0 Å². The summed E-state index contributed by atoms with van der Waals surface area (Å²) in [5.74, 6) is 1.02. The highest BCUT2D eigenvalue weighted by Gasteiger charge is 2.20. The van der Waals surface area contributed by atoms with Crippen LogP contribution in [0.4, 0.5) is 0 Å². The minimum absolute atomic E-state index is 0.0773. The Morgan fingerprint density at radius 1 is 1.21 bits per heavy atom. The maximum atomic E-state index is 12.1. The van der Waals surface area contributed by atoms with Gasteiger partial charge in [-0.2, -0.15) is 0 Å². The first-order valence-electron chi connectivity index (χ1n) is 7.57. The van der Waals surface area contributed by atoms with E-state index in [1.165, 1.54) is 0 Å². The fourth-order valence-electron chi connectivity index (χ4n) is 2.42. The zero-order valence-corrected chi connectivity index (χ0v) is 12.7. The number of carbonyl (C=O) groups is 2. The van der Waals surface area contributed by atoms with Gasteiger partial charge in [0.1, 0.15) is 0 Å². The summed E-state index contributed by atoms with van der Waals surface area (Å²) in [6.45, 7) is 9.05. The summed E-state index contributed by atoms with van der Waals surface area (Å²) >= 11 is 0. The van der Waals surface area contributed by atoms with Crippen LogP contribution in [0.1, 0.15) is 52.9 Å². The van der Waals surface area contributed by atoms with E-state index in [1.54, 1.807) is 11.8 Å². The lowest BCUT2D eigenvalue weighted by atomic mass is 9.99. The fourth-order valence-corrected chi connectivity index (χ4v) is 2.42. The van der Waals surface area contributed by atoms with Crippen LogP contribution in [0.2, 0.25) is 0 Å². The van der Waals surface area contributed by atoms with Crippen molar-refractivity contribution in [3.63, 3.8) is 0 Å². The standard InChI is InChI=1S/C15H28N2O2/c1-4-5-9-16(14(3)18)12-8-15(19)17-10-6-13(2)7-11-17/h13H,4-12H2,1-3H3.